The van der Waals surface area contributed by atoms with Crippen molar-refractivity contribution in [2.75, 3.05) is 26.7 Å². The van der Waals surface area contributed by atoms with Gasteiger partial charge in [0.25, 0.3) is 5.91 Å². The standard InChI is InChI=1S/C12H18N2O2/c1-9-4-3-6-13-11(9)12(15)14-7-5-10(8-14)16-2/h3-4,10,13H,5-8H2,1-2H3. The molecule has 1 unspecified atom stereocenters. The molecule has 1 saturated heterocycles. The molecule has 0 aromatic carbocycles. The number of hydrogen-bond donors (Lipinski definition) is 1. The smallest absolute Gasteiger partial charge is 0.270 e. The van der Waals surface area contributed by atoms with Crippen LogP contribution in [0.4, 0.5) is 0 Å². The van der Waals surface area contributed by atoms with E-state index in [0.717, 1.165) is 30.8 Å². The summed E-state index contributed by atoms with van der Waals surface area (Å²) in [6, 6.07) is 0. The molecule has 1 fully saturated rings. The van der Waals surface area contributed by atoms with Gasteiger partial charge in [-0.25, -0.2) is 0 Å². The van der Waals surface area contributed by atoms with Crippen LogP contribution in [-0.4, -0.2) is 43.7 Å². The van der Waals surface area contributed by atoms with E-state index in [0.29, 0.717) is 6.54 Å². The van der Waals surface area contributed by atoms with E-state index in [1.165, 1.54) is 0 Å². The van der Waals surface area contributed by atoms with E-state index in [1.807, 2.05) is 24.0 Å². The van der Waals surface area contributed by atoms with Crippen LogP contribution in [-0.2, 0) is 9.53 Å². The first-order chi connectivity index (χ1) is 7.72. The van der Waals surface area contributed by atoms with Crippen molar-refractivity contribution in [2.45, 2.75) is 19.4 Å². The molecule has 2 aliphatic heterocycles. The second-order valence-corrected chi connectivity index (χ2v) is 4.24. The van der Waals surface area contributed by atoms with E-state index in [4.69, 9.17) is 4.74 Å². The number of ether oxygens (including phenoxy) is 1. The first kappa shape index (κ1) is 11.2. The minimum absolute atomic E-state index is 0.0985. The Morgan fingerprint density at radius 3 is 3.06 bits per heavy atom. The van der Waals surface area contributed by atoms with Crippen molar-refractivity contribution in [1.29, 1.82) is 0 Å². The van der Waals surface area contributed by atoms with Crippen LogP contribution in [0.25, 0.3) is 0 Å². The Bertz CT molecular complexity index is 347. The van der Waals surface area contributed by atoms with Crippen molar-refractivity contribution >= 4 is 5.91 Å². The zero-order chi connectivity index (χ0) is 11.5. The molecule has 0 aromatic heterocycles. The molecular formula is C12H18N2O2. The van der Waals surface area contributed by atoms with E-state index in [-0.39, 0.29) is 12.0 Å². The number of nitrogens with one attached hydrogen (secondary N) is 1. The highest BCUT2D eigenvalue weighted by atomic mass is 16.5. The summed E-state index contributed by atoms with van der Waals surface area (Å²) in [4.78, 5) is 14.0. The van der Waals surface area contributed by atoms with Crippen LogP contribution in [0.3, 0.4) is 0 Å². The van der Waals surface area contributed by atoms with Crippen molar-refractivity contribution in [3.05, 3.63) is 23.4 Å². The lowest BCUT2D eigenvalue weighted by Gasteiger charge is -2.21. The van der Waals surface area contributed by atoms with Crippen LogP contribution in [0.2, 0.25) is 0 Å². The fourth-order valence-corrected chi connectivity index (χ4v) is 2.13. The number of rotatable bonds is 2. The van der Waals surface area contributed by atoms with E-state index in [2.05, 4.69) is 5.32 Å². The highest BCUT2D eigenvalue weighted by Crippen LogP contribution is 2.17. The molecule has 1 atom stereocenters. The van der Waals surface area contributed by atoms with Gasteiger partial charge in [0.15, 0.2) is 0 Å². The summed E-state index contributed by atoms with van der Waals surface area (Å²) in [6.45, 7) is 4.19. The van der Waals surface area contributed by atoms with Gasteiger partial charge < -0.3 is 15.0 Å². The van der Waals surface area contributed by atoms with E-state index in [1.54, 1.807) is 7.11 Å². The zero-order valence-corrected chi connectivity index (χ0v) is 9.82. The number of carbonyl (C=O) groups is 1. The fourth-order valence-electron chi connectivity index (χ4n) is 2.13. The van der Waals surface area contributed by atoms with Crippen molar-refractivity contribution in [2.24, 2.45) is 0 Å². The highest BCUT2D eigenvalue weighted by molar-refractivity contribution is 5.94. The largest absolute Gasteiger partial charge is 0.380 e. The Kier molecular flexibility index (Phi) is 3.29. The Morgan fingerprint density at radius 1 is 1.62 bits per heavy atom. The zero-order valence-electron chi connectivity index (χ0n) is 9.82. The molecule has 4 nitrogen and oxygen atoms in total. The van der Waals surface area contributed by atoms with Gasteiger partial charge in [0, 0.05) is 26.7 Å². The van der Waals surface area contributed by atoms with Crippen LogP contribution < -0.4 is 5.32 Å². The number of hydrogen-bond acceptors (Lipinski definition) is 3. The summed E-state index contributed by atoms with van der Waals surface area (Å²) in [5.41, 5.74) is 1.75. The maximum atomic E-state index is 12.2. The molecule has 0 aromatic rings. The molecular weight excluding hydrogens is 204 g/mol. The molecule has 1 amide bonds. The topological polar surface area (TPSA) is 41.6 Å². The molecule has 0 radical (unpaired) electrons. The number of dihydropyridines is 1. The van der Waals surface area contributed by atoms with E-state index in [9.17, 15) is 4.79 Å². The molecule has 0 saturated carbocycles. The van der Waals surface area contributed by atoms with Crippen LogP contribution in [0, 0.1) is 0 Å². The molecule has 4 heteroatoms. The average molecular weight is 222 g/mol. The van der Waals surface area contributed by atoms with Gasteiger partial charge in [-0.05, 0) is 18.9 Å². The third-order valence-corrected chi connectivity index (χ3v) is 3.14. The summed E-state index contributed by atoms with van der Waals surface area (Å²) < 4.78 is 5.26. The summed E-state index contributed by atoms with van der Waals surface area (Å²) >= 11 is 0. The summed E-state index contributed by atoms with van der Waals surface area (Å²) in [5.74, 6) is 0.0985. The molecule has 0 bridgehead atoms. The molecule has 2 heterocycles. The van der Waals surface area contributed by atoms with Gasteiger partial charge in [-0.3, -0.25) is 4.79 Å². The van der Waals surface area contributed by atoms with Crippen LogP contribution >= 0.6 is 0 Å². The quantitative estimate of drug-likeness (QED) is 0.746. The monoisotopic (exact) mass is 222 g/mol. The molecule has 0 spiro atoms. The summed E-state index contributed by atoms with van der Waals surface area (Å²) in [6.07, 6.45) is 5.15. The second-order valence-electron chi connectivity index (χ2n) is 4.24. The van der Waals surface area contributed by atoms with Crippen molar-refractivity contribution in [3.8, 4) is 0 Å². The van der Waals surface area contributed by atoms with Gasteiger partial charge in [0.2, 0.25) is 0 Å². The number of amides is 1. The number of likely N-dealkylation sites (tertiary alicyclic amines) is 1. The van der Waals surface area contributed by atoms with Gasteiger partial charge >= 0.3 is 0 Å². The number of methoxy groups -OCH3 is 1. The van der Waals surface area contributed by atoms with Crippen molar-refractivity contribution < 1.29 is 9.53 Å². The van der Waals surface area contributed by atoms with Gasteiger partial charge in [-0.15, -0.1) is 0 Å². The highest BCUT2D eigenvalue weighted by Gasteiger charge is 2.28. The Hall–Kier alpha value is -1.29. The SMILES string of the molecule is COC1CCN(C(=O)C2=C(C)C=CCN2)C1. The molecule has 2 rings (SSSR count). The second kappa shape index (κ2) is 4.70. The Labute approximate surface area is 95.9 Å². The predicted molar refractivity (Wildman–Crippen MR) is 61.8 cm³/mol. The summed E-state index contributed by atoms with van der Waals surface area (Å²) in [7, 11) is 1.70. The number of nitrogens with zero attached hydrogens (tertiary/aromatic N) is 1. The molecule has 2 aliphatic rings. The van der Waals surface area contributed by atoms with Crippen molar-refractivity contribution in [3.63, 3.8) is 0 Å². The van der Waals surface area contributed by atoms with Crippen LogP contribution in [0.15, 0.2) is 23.4 Å². The van der Waals surface area contributed by atoms with Gasteiger partial charge in [-0.2, -0.15) is 0 Å². The molecule has 1 N–H and O–H groups in total. The third kappa shape index (κ3) is 2.11. The lowest BCUT2D eigenvalue weighted by atomic mass is 10.1. The maximum absolute atomic E-state index is 12.2. The minimum Gasteiger partial charge on any atom is -0.380 e. The lowest BCUT2D eigenvalue weighted by Crippen LogP contribution is -2.37. The first-order valence-corrected chi connectivity index (χ1v) is 5.65. The lowest BCUT2D eigenvalue weighted by molar-refractivity contribution is -0.127. The Balaban J connectivity index is 2.06. The van der Waals surface area contributed by atoms with Crippen LogP contribution in [0.1, 0.15) is 13.3 Å². The Morgan fingerprint density at radius 2 is 2.44 bits per heavy atom. The predicted octanol–water partition coefficient (Wildman–Crippen LogP) is 0.667. The first-order valence-electron chi connectivity index (χ1n) is 5.65. The minimum atomic E-state index is 0.0985. The maximum Gasteiger partial charge on any atom is 0.270 e. The molecule has 16 heavy (non-hydrogen) atoms. The van der Waals surface area contributed by atoms with E-state index < -0.39 is 0 Å². The van der Waals surface area contributed by atoms with Gasteiger partial charge in [0.05, 0.1) is 6.10 Å². The third-order valence-electron chi connectivity index (χ3n) is 3.14. The van der Waals surface area contributed by atoms with E-state index >= 15 is 0 Å². The fraction of sp³-hybridized carbons (Fsp3) is 0.583. The van der Waals surface area contributed by atoms with Crippen LogP contribution in [0.5, 0.6) is 0 Å². The van der Waals surface area contributed by atoms with Gasteiger partial charge in [-0.1, -0.05) is 12.2 Å². The molecule has 88 valence electrons. The average Bonchev–Trinajstić information content (AvgIpc) is 2.77. The molecule has 0 aliphatic carbocycles. The summed E-state index contributed by atoms with van der Waals surface area (Å²) in [5, 5.41) is 3.14. The number of allylic oxidation sites excluding steroid dienone is 2. The van der Waals surface area contributed by atoms with Crippen molar-refractivity contribution in [1.82, 2.24) is 10.2 Å². The normalized spacial score (nSPS) is 24.9. The van der Waals surface area contributed by atoms with Gasteiger partial charge in [0.1, 0.15) is 5.70 Å². The number of carbonyl (C=O) groups excluding carboxylic acids is 1.